The molecule has 2 aromatic rings. The third-order valence-corrected chi connectivity index (χ3v) is 4.06. The first-order valence-corrected chi connectivity index (χ1v) is 8.31. The number of hydrogen-bond donors (Lipinski definition) is 1. The summed E-state index contributed by atoms with van der Waals surface area (Å²) in [5, 5.41) is 1.76. The standard InChI is InChI=1S/C16H16ClNO2S/c1-12-9-13(2)11-16(10-12)18-21(19,20)8-7-14-3-5-15(17)6-4-14/h3-11,18H,1-2H3/b8-7+. The van der Waals surface area contributed by atoms with Crippen LogP contribution in [0.4, 0.5) is 5.69 Å². The molecule has 21 heavy (non-hydrogen) atoms. The topological polar surface area (TPSA) is 46.2 Å². The first-order chi connectivity index (χ1) is 9.84. The van der Waals surface area contributed by atoms with Gasteiger partial charge in [0.1, 0.15) is 0 Å². The molecular formula is C16H16ClNO2S. The summed E-state index contributed by atoms with van der Waals surface area (Å²) >= 11 is 5.78. The molecule has 0 radical (unpaired) electrons. The highest BCUT2D eigenvalue weighted by Gasteiger charge is 2.06. The molecule has 0 heterocycles. The van der Waals surface area contributed by atoms with Gasteiger partial charge in [0.2, 0.25) is 0 Å². The second-order valence-electron chi connectivity index (χ2n) is 4.88. The van der Waals surface area contributed by atoms with Crippen molar-refractivity contribution in [3.05, 3.63) is 69.6 Å². The Morgan fingerprint density at radius 3 is 2.14 bits per heavy atom. The molecule has 0 amide bonds. The zero-order valence-electron chi connectivity index (χ0n) is 11.8. The largest absolute Gasteiger partial charge is 0.280 e. The number of hydrogen-bond acceptors (Lipinski definition) is 2. The van der Waals surface area contributed by atoms with E-state index in [1.165, 1.54) is 6.08 Å². The van der Waals surface area contributed by atoms with Crippen molar-refractivity contribution in [1.82, 2.24) is 0 Å². The van der Waals surface area contributed by atoms with E-state index in [0.717, 1.165) is 22.1 Å². The van der Waals surface area contributed by atoms with E-state index in [1.807, 2.05) is 19.9 Å². The second kappa shape index (κ2) is 6.33. The minimum atomic E-state index is -3.54. The highest BCUT2D eigenvalue weighted by Crippen LogP contribution is 2.16. The molecule has 0 unspecified atom stereocenters. The zero-order chi connectivity index (χ0) is 15.5. The highest BCUT2D eigenvalue weighted by molar-refractivity contribution is 7.95. The molecule has 0 saturated carbocycles. The van der Waals surface area contributed by atoms with Crippen molar-refractivity contribution in [2.75, 3.05) is 4.72 Å². The molecule has 0 aliphatic rings. The molecule has 5 heteroatoms. The van der Waals surface area contributed by atoms with Crippen LogP contribution >= 0.6 is 11.6 Å². The lowest BCUT2D eigenvalue weighted by Gasteiger charge is -2.07. The zero-order valence-corrected chi connectivity index (χ0v) is 13.4. The normalized spacial score (nSPS) is 11.8. The lowest BCUT2D eigenvalue weighted by atomic mass is 10.1. The Balaban J connectivity index is 2.16. The van der Waals surface area contributed by atoms with Crippen molar-refractivity contribution in [1.29, 1.82) is 0 Å². The number of aryl methyl sites for hydroxylation is 2. The van der Waals surface area contributed by atoms with Gasteiger partial charge in [-0.2, -0.15) is 0 Å². The molecule has 2 aromatic carbocycles. The Morgan fingerprint density at radius 2 is 1.57 bits per heavy atom. The molecule has 0 aliphatic carbocycles. The summed E-state index contributed by atoms with van der Waals surface area (Å²) < 4.78 is 26.6. The van der Waals surface area contributed by atoms with Crippen LogP contribution in [-0.4, -0.2) is 8.42 Å². The monoisotopic (exact) mass is 321 g/mol. The summed E-state index contributed by atoms with van der Waals surface area (Å²) in [5.74, 6) is 0. The quantitative estimate of drug-likeness (QED) is 0.909. The molecule has 0 aromatic heterocycles. The van der Waals surface area contributed by atoms with Gasteiger partial charge in [-0.1, -0.05) is 29.8 Å². The van der Waals surface area contributed by atoms with E-state index in [2.05, 4.69) is 4.72 Å². The maximum atomic E-state index is 12.0. The van der Waals surface area contributed by atoms with Crippen molar-refractivity contribution in [3.8, 4) is 0 Å². The van der Waals surface area contributed by atoms with Crippen molar-refractivity contribution in [2.45, 2.75) is 13.8 Å². The predicted molar refractivity (Wildman–Crippen MR) is 88.9 cm³/mol. The van der Waals surface area contributed by atoms with E-state index in [4.69, 9.17) is 11.6 Å². The molecule has 0 fully saturated rings. The van der Waals surface area contributed by atoms with Gasteiger partial charge < -0.3 is 0 Å². The van der Waals surface area contributed by atoms with E-state index >= 15 is 0 Å². The maximum Gasteiger partial charge on any atom is 0.255 e. The van der Waals surface area contributed by atoms with Gasteiger partial charge in [0, 0.05) is 10.7 Å². The van der Waals surface area contributed by atoms with Crippen LogP contribution in [-0.2, 0) is 10.0 Å². The third kappa shape index (κ3) is 4.92. The van der Waals surface area contributed by atoms with Crippen LogP contribution < -0.4 is 4.72 Å². The summed E-state index contributed by atoms with van der Waals surface area (Å²) in [5.41, 5.74) is 3.35. The molecule has 0 saturated heterocycles. The van der Waals surface area contributed by atoms with Crippen molar-refractivity contribution >= 4 is 33.4 Å². The molecule has 0 bridgehead atoms. The summed E-state index contributed by atoms with van der Waals surface area (Å²) in [6.07, 6.45) is 1.53. The van der Waals surface area contributed by atoms with E-state index in [-0.39, 0.29) is 0 Å². The molecule has 110 valence electrons. The van der Waals surface area contributed by atoms with Gasteiger partial charge in [-0.3, -0.25) is 4.72 Å². The molecular weight excluding hydrogens is 306 g/mol. The average Bonchev–Trinajstić information content (AvgIpc) is 2.36. The van der Waals surface area contributed by atoms with E-state index < -0.39 is 10.0 Å². The van der Waals surface area contributed by atoms with Gasteiger partial charge >= 0.3 is 0 Å². The van der Waals surface area contributed by atoms with Crippen LogP contribution in [0.1, 0.15) is 16.7 Å². The van der Waals surface area contributed by atoms with E-state index in [0.29, 0.717) is 10.7 Å². The molecule has 1 N–H and O–H groups in total. The lowest BCUT2D eigenvalue weighted by Crippen LogP contribution is -2.09. The van der Waals surface area contributed by atoms with Crippen LogP contribution in [0.5, 0.6) is 0 Å². The Bertz CT molecular complexity index is 745. The number of halogens is 1. The van der Waals surface area contributed by atoms with Crippen LogP contribution in [0.25, 0.3) is 6.08 Å². The highest BCUT2D eigenvalue weighted by atomic mass is 35.5. The predicted octanol–water partition coefficient (Wildman–Crippen LogP) is 4.37. The van der Waals surface area contributed by atoms with E-state index in [9.17, 15) is 8.42 Å². The Kier molecular flexibility index (Phi) is 4.70. The van der Waals surface area contributed by atoms with Crippen molar-refractivity contribution < 1.29 is 8.42 Å². The first kappa shape index (κ1) is 15.6. The molecule has 2 rings (SSSR count). The van der Waals surface area contributed by atoms with Crippen LogP contribution in [0.15, 0.2) is 47.9 Å². The fourth-order valence-corrected chi connectivity index (χ4v) is 2.95. The molecule has 0 atom stereocenters. The number of benzene rings is 2. The summed E-state index contributed by atoms with van der Waals surface area (Å²) in [7, 11) is -3.54. The van der Waals surface area contributed by atoms with Gasteiger partial charge in [0.05, 0.1) is 5.41 Å². The molecule has 0 aliphatic heterocycles. The number of rotatable bonds is 4. The van der Waals surface area contributed by atoms with Gasteiger partial charge in [0.15, 0.2) is 0 Å². The minimum absolute atomic E-state index is 0.563. The van der Waals surface area contributed by atoms with Crippen LogP contribution in [0.2, 0.25) is 5.02 Å². The second-order valence-corrected chi connectivity index (χ2v) is 6.88. The molecule has 0 spiro atoms. The van der Waals surface area contributed by atoms with Crippen LogP contribution in [0, 0.1) is 13.8 Å². The van der Waals surface area contributed by atoms with Gasteiger partial charge in [-0.05, 0) is 60.9 Å². The fraction of sp³-hybridized carbons (Fsp3) is 0.125. The van der Waals surface area contributed by atoms with Gasteiger partial charge in [-0.25, -0.2) is 8.42 Å². The Morgan fingerprint density at radius 1 is 1.00 bits per heavy atom. The summed E-state index contributed by atoms with van der Waals surface area (Å²) in [6.45, 7) is 3.85. The minimum Gasteiger partial charge on any atom is -0.280 e. The summed E-state index contributed by atoms with van der Waals surface area (Å²) in [4.78, 5) is 0. The van der Waals surface area contributed by atoms with E-state index in [1.54, 1.807) is 36.4 Å². The van der Waals surface area contributed by atoms with Crippen molar-refractivity contribution in [3.63, 3.8) is 0 Å². The third-order valence-electron chi connectivity index (χ3n) is 2.79. The SMILES string of the molecule is Cc1cc(C)cc(NS(=O)(=O)/C=C/c2ccc(Cl)cc2)c1. The van der Waals surface area contributed by atoms with Gasteiger partial charge in [0.25, 0.3) is 10.0 Å². The number of sulfonamides is 1. The summed E-state index contributed by atoms with van der Waals surface area (Å²) in [6, 6.07) is 12.5. The Hall–Kier alpha value is -1.78. The van der Waals surface area contributed by atoms with Gasteiger partial charge in [-0.15, -0.1) is 0 Å². The maximum absolute atomic E-state index is 12.0. The lowest BCUT2D eigenvalue weighted by molar-refractivity contribution is 0.609. The van der Waals surface area contributed by atoms with Crippen LogP contribution in [0.3, 0.4) is 0 Å². The smallest absolute Gasteiger partial charge is 0.255 e. The van der Waals surface area contributed by atoms with Crippen molar-refractivity contribution in [2.24, 2.45) is 0 Å². The fourth-order valence-electron chi connectivity index (χ4n) is 1.97. The number of nitrogens with one attached hydrogen (secondary N) is 1. The Labute approximate surface area is 130 Å². The number of anilines is 1. The first-order valence-electron chi connectivity index (χ1n) is 6.39. The molecule has 3 nitrogen and oxygen atoms in total. The average molecular weight is 322 g/mol.